The van der Waals surface area contributed by atoms with Crippen LogP contribution in [0, 0.1) is 12.7 Å². The number of fused-ring (bicyclic) bond motifs is 1. The highest BCUT2D eigenvalue weighted by molar-refractivity contribution is 6.34. The molecule has 1 aromatic carbocycles. The van der Waals surface area contributed by atoms with Crippen molar-refractivity contribution in [2.75, 3.05) is 17.2 Å². The van der Waals surface area contributed by atoms with Crippen LogP contribution in [0.15, 0.2) is 24.4 Å². The normalized spacial score (nSPS) is 20.3. The van der Waals surface area contributed by atoms with E-state index in [-0.39, 0.29) is 17.9 Å². The summed E-state index contributed by atoms with van der Waals surface area (Å²) in [5, 5.41) is 8.80. The first kappa shape index (κ1) is 16.5. The minimum Gasteiger partial charge on any atom is -0.360 e. The van der Waals surface area contributed by atoms with E-state index in [4.69, 9.17) is 0 Å². The average Bonchev–Trinajstić information content (AvgIpc) is 3.32. The topological polar surface area (TPSA) is 86.0 Å². The molecular weight excluding hydrogens is 335 g/mol. The van der Waals surface area contributed by atoms with Crippen LogP contribution in [0.1, 0.15) is 29.7 Å². The summed E-state index contributed by atoms with van der Waals surface area (Å²) < 4.78 is 13.5. The molecule has 1 atom stereocenters. The number of aromatic nitrogens is 1. The van der Waals surface area contributed by atoms with Crippen LogP contribution in [0.4, 0.5) is 15.8 Å². The third-order valence-electron chi connectivity index (χ3n) is 4.87. The number of anilines is 2. The number of carbonyl (C=O) groups is 2. The molecule has 3 heterocycles. The van der Waals surface area contributed by atoms with Gasteiger partial charge in [0, 0.05) is 23.1 Å². The largest absolute Gasteiger partial charge is 0.360 e. The summed E-state index contributed by atoms with van der Waals surface area (Å²) in [5.74, 6) is -0.735. The second kappa shape index (κ2) is 6.42. The number of nitrogens with one attached hydrogen (secondary N) is 4. The quantitative estimate of drug-likeness (QED) is 0.639. The van der Waals surface area contributed by atoms with E-state index in [2.05, 4.69) is 20.9 Å². The third kappa shape index (κ3) is 2.90. The van der Waals surface area contributed by atoms with Crippen molar-refractivity contribution in [2.24, 2.45) is 0 Å². The lowest BCUT2D eigenvalue weighted by Gasteiger charge is -2.10. The number of amides is 2. The molecule has 26 heavy (non-hydrogen) atoms. The van der Waals surface area contributed by atoms with Gasteiger partial charge in [0.15, 0.2) is 0 Å². The SMILES string of the molecule is Cc1c(NC(=O)[C@@H]2CCCN2)c[nH]c1/C=C1\C(=O)Nc2ccc(F)cc21. The number of hydrogen-bond acceptors (Lipinski definition) is 3. The van der Waals surface area contributed by atoms with Gasteiger partial charge >= 0.3 is 0 Å². The Bertz CT molecular complexity index is 926. The highest BCUT2D eigenvalue weighted by Gasteiger charge is 2.26. The van der Waals surface area contributed by atoms with Gasteiger partial charge in [-0.05, 0) is 56.1 Å². The monoisotopic (exact) mass is 354 g/mol. The molecule has 4 rings (SSSR count). The molecule has 0 saturated carbocycles. The minimum absolute atomic E-state index is 0.0603. The summed E-state index contributed by atoms with van der Waals surface area (Å²) in [6.07, 6.45) is 5.20. The zero-order valence-corrected chi connectivity index (χ0v) is 14.3. The molecule has 0 unspecified atom stereocenters. The van der Waals surface area contributed by atoms with Crippen molar-refractivity contribution in [1.82, 2.24) is 10.3 Å². The van der Waals surface area contributed by atoms with Crippen LogP contribution in [0.5, 0.6) is 0 Å². The van der Waals surface area contributed by atoms with E-state index in [0.29, 0.717) is 28.2 Å². The molecule has 2 aliphatic rings. The van der Waals surface area contributed by atoms with E-state index in [0.717, 1.165) is 24.9 Å². The highest BCUT2D eigenvalue weighted by Crippen LogP contribution is 2.34. The van der Waals surface area contributed by atoms with Gasteiger partial charge in [0.2, 0.25) is 5.91 Å². The van der Waals surface area contributed by atoms with Crippen LogP contribution in [0.25, 0.3) is 11.6 Å². The second-order valence-electron chi connectivity index (χ2n) is 6.58. The molecule has 4 N–H and O–H groups in total. The van der Waals surface area contributed by atoms with Crippen LogP contribution < -0.4 is 16.0 Å². The van der Waals surface area contributed by atoms with Gasteiger partial charge in [-0.25, -0.2) is 4.39 Å². The van der Waals surface area contributed by atoms with Crippen LogP contribution in [0.3, 0.4) is 0 Å². The average molecular weight is 354 g/mol. The molecule has 6 nitrogen and oxygen atoms in total. The number of halogens is 1. The van der Waals surface area contributed by atoms with Gasteiger partial charge in [-0.2, -0.15) is 0 Å². The zero-order valence-electron chi connectivity index (χ0n) is 14.3. The van der Waals surface area contributed by atoms with E-state index in [1.54, 1.807) is 18.3 Å². The lowest BCUT2D eigenvalue weighted by atomic mass is 10.0. The Hall–Kier alpha value is -2.93. The molecule has 2 aliphatic heterocycles. The molecule has 1 aromatic heterocycles. The maximum Gasteiger partial charge on any atom is 0.256 e. The molecule has 134 valence electrons. The lowest BCUT2D eigenvalue weighted by molar-refractivity contribution is -0.117. The van der Waals surface area contributed by atoms with Crippen LogP contribution in [-0.4, -0.2) is 29.4 Å². The predicted octanol–water partition coefficient (Wildman–Crippen LogP) is 2.65. The smallest absolute Gasteiger partial charge is 0.256 e. The van der Waals surface area contributed by atoms with Crippen molar-refractivity contribution < 1.29 is 14.0 Å². The van der Waals surface area contributed by atoms with Gasteiger partial charge in [-0.3, -0.25) is 9.59 Å². The van der Waals surface area contributed by atoms with Gasteiger partial charge in [0.1, 0.15) is 5.82 Å². The molecule has 2 amide bonds. The van der Waals surface area contributed by atoms with Gasteiger partial charge in [0.05, 0.1) is 17.3 Å². The van der Waals surface area contributed by atoms with Crippen molar-refractivity contribution in [2.45, 2.75) is 25.8 Å². The van der Waals surface area contributed by atoms with Gasteiger partial charge < -0.3 is 20.9 Å². The van der Waals surface area contributed by atoms with E-state index >= 15 is 0 Å². The van der Waals surface area contributed by atoms with Crippen LogP contribution in [-0.2, 0) is 9.59 Å². The number of carbonyl (C=O) groups excluding carboxylic acids is 2. The molecule has 1 fully saturated rings. The molecular formula is C19H19FN4O2. The standard InChI is InChI=1S/C19H19FN4O2/c1-10-16(22-9-17(10)24-19(26)15-3-2-6-21-15)8-13-12-7-11(20)4-5-14(12)23-18(13)25/h4-5,7-9,15,21-22H,2-3,6H2,1H3,(H,23,25)(H,24,26)/b13-8-/t15-/m0/s1. The lowest BCUT2D eigenvalue weighted by Crippen LogP contribution is -2.35. The Morgan fingerprint density at radius 3 is 3.00 bits per heavy atom. The molecule has 0 radical (unpaired) electrons. The summed E-state index contributed by atoms with van der Waals surface area (Å²) >= 11 is 0. The van der Waals surface area contributed by atoms with E-state index in [1.165, 1.54) is 12.1 Å². The van der Waals surface area contributed by atoms with Crippen LogP contribution >= 0.6 is 0 Å². The molecule has 0 bridgehead atoms. The van der Waals surface area contributed by atoms with Gasteiger partial charge in [-0.15, -0.1) is 0 Å². The van der Waals surface area contributed by atoms with Gasteiger partial charge in [0.25, 0.3) is 5.91 Å². The Morgan fingerprint density at radius 2 is 2.23 bits per heavy atom. The number of benzene rings is 1. The Morgan fingerprint density at radius 1 is 1.38 bits per heavy atom. The van der Waals surface area contributed by atoms with E-state index in [9.17, 15) is 14.0 Å². The van der Waals surface area contributed by atoms with Crippen molar-refractivity contribution in [3.8, 4) is 0 Å². The summed E-state index contributed by atoms with van der Waals surface area (Å²) in [7, 11) is 0. The Labute approximate surface area is 149 Å². The molecule has 1 saturated heterocycles. The predicted molar refractivity (Wildman–Crippen MR) is 98.1 cm³/mol. The fraction of sp³-hybridized carbons (Fsp3) is 0.263. The number of hydrogen-bond donors (Lipinski definition) is 4. The summed E-state index contributed by atoms with van der Waals surface area (Å²) in [6.45, 7) is 2.71. The minimum atomic E-state index is -0.397. The van der Waals surface area contributed by atoms with E-state index < -0.39 is 5.82 Å². The van der Waals surface area contributed by atoms with Crippen LogP contribution in [0.2, 0.25) is 0 Å². The molecule has 7 heteroatoms. The Balaban J connectivity index is 1.61. The number of aromatic amines is 1. The van der Waals surface area contributed by atoms with Crippen molar-refractivity contribution in [3.63, 3.8) is 0 Å². The summed E-state index contributed by atoms with van der Waals surface area (Å²) in [5.41, 5.74) is 3.70. The highest BCUT2D eigenvalue weighted by atomic mass is 19.1. The second-order valence-corrected chi connectivity index (χ2v) is 6.58. The first-order chi connectivity index (χ1) is 12.5. The molecule has 2 aromatic rings. The van der Waals surface area contributed by atoms with Crippen molar-refractivity contribution >= 4 is 34.8 Å². The van der Waals surface area contributed by atoms with E-state index in [1.807, 2.05) is 6.92 Å². The number of H-pyrrole nitrogens is 1. The number of rotatable bonds is 3. The van der Waals surface area contributed by atoms with Gasteiger partial charge in [-0.1, -0.05) is 0 Å². The Kier molecular flexibility index (Phi) is 4.08. The fourth-order valence-electron chi connectivity index (χ4n) is 3.37. The molecule has 0 spiro atoms. The first-order valence-electron chi connectivity index (χ1n) is 8.58. The summed E-state index contributed by atoms with van der Waals surface area (Å²) in [4.78, 5) is 27.6. The first-order valence-corrected chi connectivity index (χ1v) is 8.58. The maximum atomic E-state index is 13.5. The third-order valence-corrected chi connectivity index (χ3v) is 4.87. The van der Waals surface area contributed by atoms with Crippen molar-refractivity contribution in [1.29, 1.82) is 0 Å². The maximum absolute atomic E-state index is 13.5. The summed E-state index contributed by atoms with van der Waals surface area (Å²) in [6, 6.07) is 4.03. The van der Waals surface area contributed by atoms with Crippen molar-refractivity contribution in [3.05, 3.63) is 47.0 Å². The zero-order chi connectivity index (χ0) is 18.3. The molecule has 0 aliphatic carbocycles. The fourth-order valence-corrected chi connectivity index (χ4v) is 3.37.